The summed E-state index contributed by atoms with van der Waals surface area (Å²) in [5.74, 6) is 0.758. The first-order chi connectivity index (χ1) is 6.45. The molecule has 13 heavy (non-hydrogen) atoms. The molecule has 0 saturated carbocycles. The van der Waals surface area contributed by atoms with Gasteiger partial charge in [0.05, 0.1) is 12.7 Å². The minimum absolute atomic E-state index is 0.298. The normalized spacial score (nSPS) is 23.2. The van der Waals surface area contributed by atoms with Crippen LogP contribution in [0.5, 0.6) is 0 Å². The highest BCUT2D eigenvalue weighted by Gasteiger charge is 2.13. The molecule has 2 heterocycles. The second-order valence-electron chi connectivity index (χ2n) is 3.06. The number of aromatic amines is 1. The van der Waals surface area contributed by atoms with Crippen LogP contribution >= 0.6 is 0 Å². The van der Waals surface area contributed by atoms with Crippen molar-refractivity contribution in [2.75, 3.05) is 19.7 Å². The molecule has 0 amide bonds. The Labute approximate surface area is 76.1 Å². The molecular formula is C7H13N5O. The SMILES string of the molecule is C1COC(CCc2nn[nH]n2)CN1. The van der Waals surface area contributed by atoms with Gasteiger partial charge in [0.15, 0.2) is 5.82 Å². The number of morpholine rings is 1. The number of rotatable bonds is 3. The van der Waals surface area contributed by atoms with E-state index in [0.717, 1.165) is 38.4 Å². The number of aromatic nitrogens is 4. The molecule has 1 atom stereocenters. The minimum Gasteiger partial charge on any atom is -0.376 e. The van der Waals surface area contributed by atoms with Crippen molar-refractivity contribution in [1.82, 2.24) is 25.9 Å². The molecule has 1 aromatic heterocycles. The van der Waals surface area contributed by atoms with Gasteiger partial charge in [-0.1, -0.05) is 5.21 Å². The zero-order valence-electron chi connectivity index (χ0n) is 7.36. The lowest BCUT2D eigenvalue weighted by Crippen LogP contribution is -2.38. The van der Waals surface area contributed by atoms with Gasteiger partial charge in [-0.05, 0) is 6.42 Å². The third-order valence-electron chi connectivity index (χ3n) is 2.08. The lowest BCUT2D eigenvalue weighted by molar-refractivity contribution is 0.0235. The third kappa shape index (κ3) is 2.46. The summed E-state index contributed by atoms with van der Waals surface area (Å²) in [6.07, 6.45) is 2.07. The quantitative estimate of drug-likeness (QED) is 0.636. The van der Waals surface area contributed by atoms with Gasteiger partial charge in [-0.2, -0.15) is 5.21 Å². The zero-order chi connectivity index (χ0) is 8.93. The maximum atomic E-state index is 5.53. The van der Waals surface area contributed by atoms with Crippen molar-refractivity contribution in [2.24, 2.45) is 0 Å². The van der Waals surface area contributed by atoms with Crippen molar-refractivity contribution < 1.29 is 4.74 Å². The number of aryl methyl sites for hydroxylation is 1. The van der Waals surface area contributed by atoms with Crippen LogP contribution in [0.3, 0.4) is 0 Å². The molecule has 2 N–H and O–H groups in total. The average Bonchev–Trinajstić information content (AvgIpc) is 2.69. The van der Waals surface area contributed by atoms with Crippen LogP contribution in [0.4, 0.5) is 0 Å². The van der Waals surface area contributed by atoms with Gasteiger partial charge in [-0.15, -0.1) is 10.2 Å². The van der Waals surface area contributed by atoms with E-state index in [1.807, 2.05) is 0 Å². The molecule has 1 saturated heterocycles. The Kier molecular flexibility index (Phi) is 2.83. The van der Waals surface area contributed by atoms with Gasteiger partial charge in [0.2, 0.25) is 0 Å². The summed E-state index contributed by atoms with van der Waals surface area (Å²) in [6, 6.07) is 0. The van der Waals surface area contributed by atoms with E-state index in [-0.39, 0.29) is 0 Å². The monoisotopic (exact) mass is 183 g/mol. The fraction of sp³-hybridized carbons (Fsp3) is 0.857. The summed E-state index contributed by atoms with van der Waals surface area (Å²) in [4.78, 5) is 0. The van der Waals surface area contributed by atoms with Crippen LogP contribution in [0.2, 0.25) is 0 Å². The van der Waals surface area contributed by atoms with E-state index >= 15 is 0 Å². The molecular weight excluding hydrogens is 170 g/mol. The number of ether oxygens (including phenoxy) is 1. The summed E-state index contributed by atoms with van der Waals surface area (Å²) in [5.41, 5.74) is 0. The third-order valence-corrected chi connectivity index (χ3v) is 2.08. The first-order valence-corrected chi connectivity index (χ1v) is 4.50. The number of nitrogens with zero attached hydrogens (tertiary/aromatic N) is 3. The fourth-order valence-corrected chi connectivity index (χ4v) is 1.38. The van der Waals surface area contributed by atoms with Crippen molar-refractivity contribution in [3.8, 4) is 0 Å². The lowest BCUT2D eigenvalue weighted by atomic mass is 10.2. The van der Waals surface area contributed by atoms with Crippen molar-refractivity contribution >= 4 is 0 Å². The Morgan fingerprint density at radius 2 is 2.54 bits per heavy atom. The molecule has 6 heteroatoms. The van der Waals surface area contributed by atoms with E-state index in [1.54, 1.807) is 0 Å². The Hall–Kier alpha value is -1.01. The van der Waals surface area contributed by atoms with Gasteiger partial charge in [-0.25, -0.2) is 0 Å². The predicted molar refractivity (Wildman–Crippen MR) is 45.1 cm³/mol. The van der Waals surface area contributed by atoms with E-state index in [2.05, 4.69) is 25.9 Å². The molecule has 1 unspecified atom stereocenters. The van der Waals surface area contributed by atoms with E-state index in [9.17, 15) is 0 Å². The molecule has 2 rings (SSSR count). The van der Waals surface area contributed by atoms with Crippen LogP contribution < -0.4 is 5.32 Å². The second-order valence-corrected chi connectivity index (χ2v) is 3.06. The van der Waals surface area contributed by atoms with E-state index < -0.39 is 0 Å². The topological polar surface area (TPSA) is 75.7 Å². The molecule has 0 bridgehead atoms. The van der Waals surface area contributed by atoms with Crippen molar-refractivity contribution in [1.29, 1.82) is 0 Å². The molecule has 6 nitrogen and oxygen atoms in total. The molecule has 72 valence electrons. The summed E-state index contributed by atoms with van der Waals surface area (Å²) in [6.45, 7) is 2.69. The summed E-state index contributed by atoms with van der Waals surface area (Å²) in [7, 11) is 0. The van der Waals surface area contributed by atoms with Crippen molar-refractivity contribution in [2.45, 2.75) is 18.9 Å². The summed E-state index contributed by atoms with van der Waals surface area (Å²) < 4.78 is 5.53. The number of tetrazole rings is 1. The molecule has 0 radical (unpaired) electrons. The second kappa shape index (κ2) is 4.29. The summed E-state index contributed by atoms with van der Waals surface area (Å²) >= 11 is 0. The van der Waals surface area contributed by atoms with Gasteiger partial charge >= 0.3 is 0 Å². The first-order valence-electron chi connectivity index (χ1n) is 4.50. The Morgan fingerprint density at radius 1 is 1.54 bits per heavy atom. The number of H-pyrrole nitrogens is 1. The molecule has 1 aromatic rings. The smallest absolute Gasteiger partial charge is 0.174 e. The first kappa shape index (κ1) is 8.58. The Bertz CT molecular complexity index is 231. The minimum atomic E-state index is 0.298. The van der Waals surface area contributed by atoms with Crippen LogP contribution in [0, 0.1) is 0 Å². The van der Waals surface area contributed by atoms with Gasteiger partial charge in [0.1, 0.15) is 0 Å². The van der Waals surface area contributed by atoms with E-state index in [4.69, 9.17) is 4.74 Å². The maximum Gasteiger partial charge on any atom is 0.174 e. The summed E-state index contributed by atoms with van der Waals surface area (Å²) in [5, 5.41) is 17.0. The molecule has 1 aliphatic rings. The van der Waals surface area contributed by atoms with Crippen LogP contribution in [0.25, 0.3) is 0 Å². The highest BCUT2D eigenvalue weighted by atomic mass is 16.5. The largest absolute Gasteiger partial charge is 0.376 e. The predicted octanol–water partition coefficient (Wildman–Crippen LogP) is -0.879. The van der Waals surface area contributed by atoms with E-state index in [0.29, 0.717) is 6.10 Å². The Morgan fingerprint density at radius 3 is 3.23 bits per heavy atom. The lowest BCUT2D eigenvalue weighted by Gasteiger charge is -2.22. The standard InChI is InChI=1S/C7H13N5O/c1(2-7-9-11-12-10-7)6-5-8-3-4-13-6/h6,8H,1-5H2,(H,9,10,11,12). The Balaban J connectivity index is 1.72. The van der Waals surface area contributed by atoms with Gasteiger partial charge in [0, 0.05) is 19.5 Å². The number of hydrogen-bond donors (Lipinski definition) is 2. The van der Waals surface area contributed by atoms with Crippen LogP contribution in [-0.2, 0) is 11.2 Å². The van der Waals surface area contributed by atoms with Crippen LogP contribution in [0.15, 0.2) is 0 Å². The maximum absolute atomic E-state index is 5.53. The molecule has 0 spiro atoms. The fourth-order valence-electron chi connectivity index (χ4n) is 1.38. The highest BCUT2D eigenvalue weighted by molar-refractivity contribution is 4.79. The van der Waals surface area contributed by atoms with Crippen molar-refractivity contribution in [3.05, 3.63) is 5.82 Å². The number of nitrogens with one attached hydrogen (secondary N) is 2. The average molecular weight is 183 g/mol. The van der Waals surface area contributed by atoms with Crippen LogP contribution in [-0.4, -0.2) is 46.4 Å². The van der Waals surface area contributed by atoms with Gasteiger partial charge in [0.25, 0.3) is 0 Å². The van der Waals surface area contributed by atoms with Gasteiger partial charge < -0.3 is 10.1 Å². The molecule has 1 aliphatic heterocycles. The molecule has 0 aliphatic carbocycles. The molecule has 1 fully saturated rings. The number of hydrogen-bond acceptors (Lipinski definition) is 5. The van der Waals surface area contributed by atoms with E-state index in [1.165, 1.54) is 0 Å². The van der Waals surface area contributed by atoms with Crippen LogP contribution in [0.1, 0.15) is 12.2 Å². The molecule has 0 aromatic carbocycles. The highest BCUT2D eigenvalue weighted by Crippen LogP contribution is 2.04. The zero-order valence-corrected chi connectivity index (χ0v) is 7.36. The van der Waals surface area contributed by atoms with Crippen molar-refractivity contribution in [3.63, 3.8) is 0 Å². The van der Waals surface area contributed by atoms with Gasteiger partial charge in [-0.3, -0.25) is 0 Å².